The number of hydrogen-bond acceptors (Lipinski definition) is 4. The summed E-state index contributed by atoms with van der Waals surface area (Å²) in [7, 11) is 0. The van der Waals surface area contributed by atoms with E-state index in [9.17, 15) is 14.4 Å². The molecule has 206 valence electrons. The maximum absolute atomic E-state index is 13.5. The molecule has 1 aliphatic carbocycles. The van der Waals surface area contributed by atoms with Crippen molar-refractivity contribution in [3.05, 3.63) is 70.2 Å². The van der Waals surface area contributed by atoms with Crippen molar-refractivity contribution in [2.24, 2.45) is 11.7 Å². The molecule has 1 aliphatic rings. The van der Waals surface area contributed by atoms with E-state index in [0.717, 1.165) is 36.8 Å². The van der Waals surface area contributed by atoms with Crippen molar-refractivity contribution in [3.8, 4) is 0 Å². The second-order valence-electron chi connectivity index (χ2n) is 10.6. The Morgan fingerprint density at radius 1 is 0.974 bits per heavy atom. The Morgan fingerprint density at radius 2 is 1.68 bits per heavy atom. The summed E-state index contributed by atoms with van der Waals surface area (Å²) in [5.41, 5.74) is 8.13. The van der Waals surface area contributed by atoms with Crippen LogP contribution in [0.1, 0.15) is 86.7 Å². The Bertz CT molecular complexity index is 1090. The zero-order valence-electron chi connectivity index (χ0n) is 22.6. The van der Waals surface area contributed by atoms with E-state index in [1.165, 1.54) is 0 Å². The SMILES string of the molecule is CC[C@H](NC(=O)c1ccc(CN)cc1)C(=O)N[C@@H](CC(C)C)C(=O)N[C@@H]1CCCC[C@H]1c1cccc(Cl)c1. The number of rotatable bonds is 11. The molecule has 0 radical (unpaired) electrons. The number of nitrogens with two attached hydrogens (primary N) is 1. The van der Waals surface area contributed by atoms with Gasteiger partial charge in [0.05, 0.1) is 0 Å². The van der Waals surface area contributed by atoms with E-state index in [-0.39, 0.29) is 35.6 Å². The summed E-state index contributed by atoms with van der Waals surface area (Å²) in [6, 6.07) is 13.3. The molecule has 0 bridgehead atoms. The molecular formula is C30H41ClN4O3. The van der Waals surface area contributed by atoms with Crippen molar-refractivity contribution in [2.75, 3.05) is 0 Å². The molecule has 0 aliphatic heterocycles. The lowest BCUT2D eigenvalue weighted by Crippen LogP contribution is -2.55. The minimum Gasteiger partial charge on any atom is -0.351 e. The number of carbonyl (C=O) groups is 3. The molecule has 3 amide bonds. The molecule has 5 N–H and O–H groups in total. The van der Waals surface area contributed by atoms with Gasteiger partial charge in [0.15, 0.2) is 0 Å². The molecule has 0 spiro atoms. The largest absolute Gasteiger partial charge is 0.351 e. The monoisotopic (exact) mass is 540 g/mol. The molecule has 0 saturated heterocycles. The van der Waals surface area contributed by atoms with E-state index in [0.29, 0.717) is 30.0 Å². The van der Waals surface area contributed by atoms with Crippen LogP contribution in [0.2, 0.25) is 5.02 Å². The van der Waals surface area contributed by atoms with Gasteiger partial charge in [-0.15, -0.1) is 0 Å². The summed E-state index contributed by atoms with van der Waals surface area (Å²) in [6.45, 7) is 6.26. The Hall–Kier alpha value is -2.90. The molecule has 1 fully saturated rings. The van der Waals surface area contributed by atoms with Gasteiger partial charge < -0.3 is 21.7 Å². The lowest BCUT2D eigenvalue weighted by Gasteiger charge is -2.34. The van der Waals surface area contributed by atoms with Gasteiger partial charge in [-0.1, -0.05) is 69.5 Å². The Labute approximate surface area is 231 Å². The molecule has 2 aromatic carbocycles. The summed E-state index contributed by atoms with van der Waals surface area (Å²) in [5.74, 6) is -0.529. The molecular weight excluding hydrogens is 500 g/mol. The molecule has 0 aromatic heterocycles. The lowest BCUT2D eigenvalue weighted by molar-refractivity contribution is -0.131. The zero-order chi connectivity index (χ0) is 27.7. The Balaban J connectivity index is 1.68. The van der Waals surface area contributed by atoms with Crippen LogP contribution in [0.3, 0.4) is 0 Å². The third-order valence-corrected chi connectivity index (χ3v) is 7.43. The first-order valence-corrected chi connectivity index (χ1v) is 14.1. The predicted octanol–water partition coefficient (Wildman–Crippen LogP) is 4.68. The second kappa shape index (κ2) is 14.3. The van der Waals surface area contributed by atoms with Crippen molar-refractivity contribution in [1.82, 2.24) is 16.0 Å². The number of benzene rings is 2. The highest BCUT2D eigenvalue weighted by Gasteiger charge is 2.32. The highest BCUT2D eigenvalue weighted by Crippen LogP contribution is 2.34. The number of carbonyl (C=O) groups excluding carboxylic acids is 3. The fourth-order valence-electron chi connectivity index (χ4n) is 5.09. The van der Waals surface area contributed by atoms with Gasteiger partial charge in [0.2, 0.25) is 11.8 Å². The smallest absolute Gasteiger partial charge is 0.251 e. The van der Waals surface area contributed by atoms with Crippen molar-refractivity contribution in [3.63, 3.8) is 0 Å². The van der Waals surface area contributed by atoms with Crippen LogP contribution in [0.4, 0.5) is 0 Å². The second-order valence-corrected chi connectivity index (χ2v) is 11.0. The quantitative estimate of drug-likeness (QED) is 0.331. The van der Waals surface area contributed by atoms with Gasteiger partial charge in [0.25, 0.3) is 5.91 Å². The first-order chi connectivity index (χ1) is 18.2. The van der Waals surface area contributed by atoms with Crippen molar-refractivity contribution in [1.29, 1.82) is 0 Å². The maximum Gasteiger partial charge on any atom is 0.251 e. The maximum atomic E-state index is 13.5. The minimum atomic E-state index is -0.756. The van der Waals surface area contributed by atoms with Crippen LogP contribution in [-0.4, -0.2) is 35.8 Å². The number of amides is 3. The number of halogens is 1. The highest BCUT2D eigenvalue weighted by atomic mass is 35.5. The fourth-order valence-corrected chi connectivity index (χ4v) is 5.28. The molecule has 8 heteroatoms. The van der Waals surface area contributed by atoms with Gasteiger partial charge in [0.1, 0.15) is 12.1 Å². The topological polar surface area (TPSA) is 113 Å². The molecule has 2 aromatic rings. The molecule has 7 nitrogen and oxygen atoms in total. The average Bonchev–Trinajstić information content (AvgIpc) is 2.91. The molecule has 3 rings (SSSR count). The van der Waals surface area contributed by atoms with Crippen LogP contribution < -0.4 is 21.7 Å². The highest BCUT2D eigenvalue weighted by molar-refractivity contribution is 6.30. The predicted molar refractivity (Wildman–Crippen MR) is 152 cm³/mol. The van der Waals surface area contributed by atoms with Gasteiger partial charge in [-0.2, -0.15) is 0 Å². The van der Waals surface area contributed by atoms with Crippen LogP contribution in [0.25, 0.3) is 0 Å². The van der Waals surface area contributed by atoms with Crippen molar-refractivity contribution >= 4 is 29.3 Å². The van der Waals surface area contributed by atoms with E-state index in [1.807, 2.05) is 39.0 Å². The van der Waals surface area contributed by atoms with Crippen molar-refractivity contribution < 1.29 is 14.4 Å². The molecule has 0 heterocycles. The average molecular weight is 541 g/mol. The third-order valence-electron chi connectivity index (χ3n) is 7.19. The number of nitrogens with one attached hydrogen (secondary N) is 3. The van der Waals surface area contributed by atoms with Crippen molar-refractivity contribution in [2.45, 2.75) is 89.9 Å². The molecule has 38 heavy (non-hydrogen) atoms. The van der Waals surface area contributed by atoms with E-state index in [4.69, 9.17) is 17.3 Å². The van der Waals surface area contributed by atoms with E-state index < -0.39 is 12.1 Å². The van der Waals surface area contributed by atoms with Crippen LogP contribution in [0.15, 0.2) is 48.5 Å². The van der Waals surface area contributed by atoms with Gasteiger partial charge in [-0.3, -0.25) is 14.4 Å². The van der Waals surface area contributed by atoms with Crippen LogP contribution in [0, 0.1) is 5.92 Å². The van der Waals surface area contributed by atoms with Crippen LogP contribution in [-0.2, 0) is 16.1 Å². The van der Waals surface area contributed by atoms with Gasteiger partial charge >= 0.3 is 0 Å². The van der Waals surface area contributed by atoms with Gasteiger partial charge in [-0.25, -0.2) is 0 Å². The molecule has 4 atom stereocenters. The normalized spacial score (nSPS) is 18.9. The molecule has 1 saturated carbocycles. The van der Waals surface area contributed by atoms with Crippen LogP contribution >= 0.6 is 11.6 Å². The summed E-state index contributed by atoms with van der Waals surface area (Å²) in [4.78, 5) is 39.5. The lowest BCUT2D eigenvalue weighted by atomic mass is 9.80. The Morgan fingerprint density at radius 3 is 2.32 bits per heavy atom. The summed E-state index contributed by atoms with van der Waals surface area (Å²) >= 11 is 6.24. The van der Waals surface area contributed by atoms with E-state index in [2.05, 4.69) is 22.0 Å². The fraction of sp³-hybridized carbons (Fsp3) is 0.500. The third kappa shape index (κ3) is 8.30. The van der Waals surface area contributed by atoms with Gasteiger partial charge in [0, 0.05) is 29.1 Å². The number of hydrogen-bond donors (Lipinski definition) is 4. The summed E-state index contributed by atoms with van der Waals surface area (Å²) < 4.78 is 0. The van der Waals surface area contributed by atoms with E-state index >= 15 is 0 Å². The summed E-state index contributed by atoms with van der Waals surface area (Å²) in [6.07, 6.45) is 4.89. The molecule has 0 unspecified atom stereocenters. The first kappa shape index (κ1) is 29.7. The standard InChI is InChI=1S/C30H41ClN4O3/c1-4-25(33-28(36)21-14-12-20(18-32)13-15-21)29(37)35-27(16-19(2)3)30(38)34-26-11-6-5-10-24(26)22-8-7-9-23(31)17-22/h7-9,12-15,17,19,24-27H,4-6,10-11,16,18,32H2,1-3H3,(H,33,36)(H,34,38)(H,35,37)/t24-,25-,26+,27-/m0/s1. The van der Waals surface area contributed by atoms with Crippen LogP contribution in [0.5, 0.6) is 0 Å². The minimum absolute atomic E-state index is 0.0283. The van der Waals surface area contributed by atoms with E-state index in [1.54, 1.807) is 24.3 Å². The zero-order valence-corrected chi connectivity index (χ0v) is 23.4. The summed E-state index contributed by atoms with van der Waals surface area (Å²) in [5, 5.41) is 9.65. The van der Waals surface area contributed by atoms with Gasteiger partial charge in [-0.05, 0) is 67.0 Å². The first-order valence-electron chi connectivity index (χ1n) is 13.7. The Kier molecular flexibility index (Phi) is 11.2.